The summed E-state index contributed by atoms with van der Waals surface area (Å²) in [7, 11) is 0. The van der Waals surface area contributed by atoms with E-state index in [1.807, 2.05) is 41.9 Å². The van der Waals surface area contributed by atoms with Crippen molar-refractivity contribution in [1.29, 1.82) is 0 Å². The Bertz CT molecular complexity index is 758. The maximum absolute atomic E-state index is 10.7. The van der Waals surface area contributed by atoms with Gasteiger partial charge in [-0.05, 0) is 12.5 Å². The van der Waals surface area contributed by atoms with Crippen molar-refractivity contribution in [3.63, 3.8) is 0 Å². The number of aryl methyl sites for hydroxylation is 1. The number of carboxylic acid groups (broad SMARTS) is 1. The van der Waals surface area contributed by atoms with Crippen LogP contribution in [0.1, 0.15) is 11.3 Å². The molecule has 3 aromatic rings. The van der Waals surface area contributed by atoms with Crippen LogP contribution in [-0.2, 0) is 17.9 Å². The summed E-state index contributed by atoms with van der Waals surface area (Å²) in [6, 6.07) is 10.0. The van der Waals surface area contributed by atoms with Crippen LogP contribution >= 0.6 is 0 Å². The van der Waals surface area contributed by atoms with Gasteiger partial charge in [-0.2, -0.15) is 10.2 Å². The second kappa shape index (κ2) is 4.80. The van der Waals surface area contributed by atoms with Gasteiger partial charge in [-0.15, -0.1) is 0 Å². The first kappa shape index (κ1) is 12.4. The molecule has 0 unspecified atom stereocenters. The van der Waals surface area contributed by atoms with E-state index < -0.39 is 5.97 Å². The first-order valence-corrected chi connectivity index (χ1v) is 6.30. The van der Waals surface area contributed by atoms with Crippen LogP contribution in [0.15, 0.2) is 36.5 Å². The average Bonchev–Trinajstić information content (AvgIpc) is 2.92. The van der Waals surface area contributed by atoms with E-state index in [-0.39, 0.29) is 6.54 Å². The Labute approximate surface area is 115 Å². The number of benzene rings is 1. The van der Waals surface area contributed by atoms with E-state index in [0.29, 0.717) is 6.54 Å². The monoisotopic (exact) mass is 270 g/mol. The van der Waals surface area contributed by atoms with Gasteiger partial charge in [-0.25, -0.2) is 0 Å². The lowest BCUT2D eigenvalue weighted by Gasteiger charge is -2.02. The highest BCUT2D eigenvalue weighted by Crippen LogP contribution is 2.17. The van der Waals surface area contributed by atoms with Crippen LogP contribution in [0.4, 0.5) is 0 Å². The molecule has 2 heterocycles. The Hall–Kier alpha value is -2.63. The van der Waals surface area contributed by atoms with Gasteiger partial charge in [0, 0.05) is 0 Å². The normalized spacial score (nSPS) is 11.1. The van der Waals surface area contributed by atoms with Crippen LogP contribution in [0.5, 0.6) is 0 Å². The van der Waals surface area contributed by atoms with Crippen molar-refractivity contribution >= 4 is 17.0 Å². The van der Waals surface area contributed by atoms with Gasteiger partial charge in [0.1, 0.15) is 17.6 Å². The molecule has 0 bridgehead atoms. The molecule has 0 aliphatic heterocycles. The number of nitrogens with zero attached hydrogens (tertiary/aromatic N) is 4. The van der Waals surface area contributed by atoms with Crippen molar-refractivity contribution in [2.45, 2.75) is 20.0 Å². The average molecular weight is 270 g/mol. The van der Waals surface area contributed by atoms with Crippen molar-refractivity contribution in [2.75, 3.05) is 0 Å². The number of hydrogen-bond acceptors (Lipinski definition) is 3. The molecule has 0 aliphatic carbocycles. The lowest BCUT2D eigenvalue weighted by Crippen LogP contribution is -2.09. The third-order valence-electron chi connectivity index (χ3n) is 3.11. The Morgan fingerprint density at radius 2 is 2.00 bits per heavy atom. The summed E-state index contributed by atoms with van der Waals surface area (Å²) in [6.07, 6.45) is 1.73. The maximum atomic E-state index is 10.7. The van der Waals surface area contributed by atoms with E-state index >= 15 is 0 Å². The SMILES string of the molecule is Cc1nn(Cc2ccccc2)c2cn(CC(=O)O)nc12. The highest BCUT2D eigenvalue weighted by atomic mass is 16.4. The van der Waals surface area contributed by atoms with Gasteiger partial charge in [0.05, 0.1) is 18.4 Å². The zero-order chi connectivity index (χ0) is 14.1. The molecule has 0 saturated carbocycles. The van der Waals surface area contributed by atoms with Gasteiger partial charge in [0.2, 0.25) is 0 Å². The summed E-state index contributed by atoms with van der Waals surface area (Å²) in [4.78, 5) is 10.7. The minimum absolute atomic E-state index is 0.139. The fraction of sp³-hybridized carbons (Fsp3) is 0.214. The quantitative estimate of drug-likeness (QED) is 0.782. The van der Waals surface area contributed by atoms with E-state index in [1.54, 1.807) is 6.20 Å². The van der Waals surface area contributed by atoms with E-state index in [2.05, 4.69) is 10.2 Å². The van der Waals surface area contributed by atoms with Gasteiger partial charge < -0.3 is 5.11 Å². The van der Waals surface area contributed by atoms with Crippen LogP contribution in [0.2, 0.25) is 0 Å². The zero-order valence-corrected chi connectivity index (χ0v) is 11.0. The molecular formula is C14H14N4O2. The number of hydrogen-bond donors (Lipinski definition) is 1. The topological polar surface area (TPSA) is 72.9 Å². The summed E-state index contributed by atoms with van der Waals surface area (Å²) in [5, 5.41) is 17.5. The number of aliphatic carboxylic acids is 1. The molecule has 6 nitrogen and oxygen atoms in total. The third-order valence-corrected chi connectivity index (χ3v) is 3.11. The molecule has 0 amide bonds. The summed E-state index contributed by atoms with van der Waals surface area (Å²) in [5.74, 6) is -0.907. The van der Waals surface area contributed by atoms with Crippen LogP contribution in [0.25, 0.3) is 11.0 Å². The molecule has 2 aromatic heterocycles. The molecule has 102 valence electrons. The molecular weight excluding hydrogens is 256 g/mol. The summed E-state index contributed by atoms with van der Waals surface area (Å²) in [6.45, 7) is 2.38. The minimum Gasteiger partial charge on any atom is -0.480 e. The molecule has 0 radical (unpaired) electrons. The zero-order valence-electron chi connectivity index (χ0n) is 11.0. The smallest absolute Gasteiger partial charge is 0.325 e. The second-order valence-electron chi connectivity index (χ2n) is 4.68. The molecule has 0 aliphatic rings. The molecule has 1 aromatic carbocycles. The highest BCUT2D eigenvalue weighted by Gasteiger charge is 2.13. The van der Waals surface area contributed by atoms with Gasteiger partial charge in [0.15, 0.2) is 0 Å². The van der Waals surface area contributed by atoms with Crippen LogP contribution < -0.4 is 0 Å². The van der Waals surface area contributed by atoms with E-state index in [0.717, 1.165) is 22.3 Å². The molecule has 1 N–H and O–H groups in total. The molecule has 0 atom stereocenters. The van der Waals surface area contributed by atoms with Crippen molar-refractivity contribution < 1.29 is 9.90 Å². The molecule has 0 saturated heterocycles. The van der Waals surface area contributed by atoms with Gasteiger partial charge in [-0.3, -0.25) is 14.2 Å². The minimum atomic E-state index is -0.907. The fourth-order valence-corrected chi connectivity index (χ4v) is 2.24. The molecule has 3 rings (SSSR count). The summed E-state index contributed by atoms with van der Waals surface area (Å²) in [5.41, 5.74) is 3.55. The summed E-state index contributed by atoms with van der Waals surface area (Å²) < 4.78 is 3.29. The lowest BCUT2D eigenvalue weighted by atomic mass is 10.2. The van der Waals surface area contributed by atoms with Crippen LogP contribution in [0.3, 0.4) is 0 Å². The molecule has 6 heteroatoms. The van der Waals surface area contributed by atoms with E-state index in [4.69, 9.17) is 5.11 Å². The van der Waals surface area contributed by atoms with E-state index in [1.165, 1.54) is 4.68 Å². The molecule has 0 spiro atoms. The van der Waals surface area contributed by atoms with Gasteiger partial charge >= 0.3 is 5.97 Å². The largest absolute Gasteiger partial charge is 0.480 e. The fourth-order valence-electron chi connectivity index (χ4n) is 2.24. The van der Waals surface area contributed by atoms with Crippen molar-refractivity contribution in [3.8, 4) is 0 Å². The highest BCUT2D eigenvalue weighted by molar-refractivity contribution is 5.77. The number of carbonyl (C=O) groups is 1. The Morgan fingerprint density at radius 1 is 1.25 bits per heavy atom. The maximum Gasteiger partial charge on any atom is 0.325 e. The van der Waals surface area contributed by atoms with Crippen LogP contribution in [-0.4, -0.2) is 30.6 Å². The predicted molar refractivity (Wildman–Crippen MR) is 73.4 cm³/mol. The molecule has 0 fully saturated rings. The predicted octanol–water partition coefficient (Wildman–Crippen LogP) is 1.67. The standard InChI is InChI=1S/C14H14N4O2/c1-10-14-12(8-17(16-14)9-13(19)20)18(15-10)7-11-5-3-2-4-6-11/h2-6,8H,7,9H2,1H3,(H,19,20). The van der Waals surface area contributed by atoms with Crippen LogP contribution in [0, 0.1) is 6.92 Å². The van der Waals surface area contributed by atoms with Crippen molar-refractivity contribution in [1.82, 2.24) is 19.6 Å². The first-order valence-electron chi connectivity index (χ1n) is 6.30. The number of fused-ring (bicyclic) bond motifs is 1. The number of rotatable bonds is 4. The molecule has 20 heavy (non-hydrogen) atoms. The second-order valence-corrected chi connectivity index (χ2v) is 4.68. The number of aromatic nitrogens is 4. The third kappa shape index (κ3) is 2.27. The Morgan fingerprint density at radius 3 is 2.70 bits per heavy atom. The first-order chi connectivity index (χ1) is 9.63. The Kier molecular flexibility index (Phi) is 2.98. The van der Waals surface area contributed by atoms with Gasteiger partial charge in [-0.1, -0.05) is 30.3 Å². The lowest BCUT2D eigenvalue weighted by molar-refractivity contribution is -0.137. The van der Waals surface area contributed by atoms with Crippen molar-refractivity contribution in [2.24, 2.45) is 0 Å². The van der Waals surface area contributed by atoms with Gasteiger partial charge in [0.25, 0.3) is 0 Å². The number of carboxylic acids is 1. The van der Waals surface area contributed by atoms with Crippen molar-refractivity contribution in [3.05, 3.63) is 47.8 Å². The van der Waals surface area contributed by atoms with E-state index in [9.17, 15) is 4.79 Å². The summed E-state index contributed by atoms with van der Waals surface area (Å²) >= 11 is 0. The Balaban J connectivity index is 1.98.